The third kappa shape index (κ3) is 4.32. The van der Waals surface area contributed by atoms with E-state index in [-0.39, 0.29) is 24.9 Å². The fraction of sp³-hybridized carbons (Fsp3) is 0.143. The minimum Gasteiger partial charge on any atom is -0.419 e. The van der Waals surface area contributed by atoms with E-state index in [0.717, 1.165) is 26.8 Å². The number of para-hydroxylation sites is 1. The predicted octanol–water partition coefficient (Wildman–Crippen LogP) is 3.98. The molecule has 0 fully saturated rings. The van der Waals surface area contributed by atoms with E-state index in [4.69, 9.17) is 8.83 Å². The van der Waals surface area contributed by atoms with Gasteiger partial charge in [0.1, 0.15) is 13.1 Å². The first-order valence-electron chi connectivity index (χ1n) is 12.0. The second-order valence-electron chi connectivity index (χ2n) is 9.01. The molecule has 6 aromatic rings. The average Bonchev–Trinajstić information content (AvgIpc) is 3.60. The fourth-order valence-corrected chi connectivity index (χ4v) is 4.19. The molecule has 0 bridgehead atoms. The van der Waals surface area contributed by atoms with Gasteiger partial charge in [0.25, 0.3) is 5.56 Å². The number of aromatic nitrogens is 6. The van der Waals surface area contributed by atoms with E-state index in [1.165, 1.54) is 4.57 Å². The van der Waals surface area contributed by atoms with Crippen LogP contribution in [0.25, 0.3) is 33.8 Å². The van der Waals surface area contributed by atoms with Crippen LogP contribution in [-0.2, 0) is 13.1 Å². The zero-order valence-electron chi connectivity index (χ0n) is 20.7. The van der Waals surface area contributed by atoms with E-state index >= 15 is 0 Å². The van der Waals surface area contributed by atoms with Crippen molar-refractivity contribution in [3.8, 4) is 22.9 Å². The SMILES string of the molecule is Cc1ccc(-c2nnc(Cn3c(=O)c4ccccc4n(Cc4nnc(-c5ccc(C)cc5)o4)c3=O)o2)cc1. The lowest BCUT2D eigenvalue weighted by Crippen LogP contribution is -2.40. The van der Waals surface area contributed by atoms with Crippen LogP contribution in [0.1, 0.15) is 22.9 Å². The third-order valence-electron chi connectivity index (χ3n) is 6.25. The fourth-order valence-electron chi connectivity index (χ4n) is 4.19. The molecule has 10 heteroatoms. The highest BCUT2D eigenvalue weighted by molar-refractivity contribution is 5.77. The summed E-state index contributed by atoms with van der Waals surface area (Å²) in [6.07, 6.45) is 0. The normalized spacial score (nSPS) is 11.3. The molecule has 0 saturated carbocycles. The van der Waals surface area contributed by atoms with E-state index in [1.807, 2.05) is 62.4 Å². The first-order chi connectivity index (χ1) is 18.5. The molecule has 0 spiro atoms. The van der Waals surface area contributed by atoms with Crippen molar-refractivity contribution >= 4 is 10.9 Å². The lowest BCUT2D eigenvalue weighted by Gasteiger charge is -2.11. The lowest BCUT2D eigenvalue weighted by atomic mass is 10.1. The zero-order chi connectivity index (χ0) is 26.2. The van der Waals surface area contributed by atoms with Gasteiger partial charge < -0.3 is 8.83 Å². The number of benzene rings is 3. The van der Waals surface area contributed by atoms with Gasteiger partial charge in [0.2, 0.25) is 23.6 Å². The van der Waals surface area contributed by atoms with Gasteiger partial charge in [0.05, 0.1) is 10.9 Å². The quantitative estimate of drug-likeness (QED) is 0.333. The van der Waals surface area contributed by atoms with Crippen LogP contribution in [0.4, 0.5) is 0 Å². The van der Waals surface area contributed by atoms with Crippen molar-refractivity contribution in [2.45, 2.75) is 26.9 Å². The number of hydrogen-bond acceptors (Lipinski definition) is 8. The summed E-state index contributed by atoms with van der Waals surface area (Å²) in [5.74, 6) is 1.03. The minimum absolute atomic E-state index is 0.0169. The summed E-state index contributed by atoms with van der Waals surface area (Å²) >= 11 is 0. The Labute approximate surface area is 215 Å². The van der Waals surface area contributed by atoms with Crippen LogP contribution >= 0.6 is 0 Å². The molecule has 3 aromatic heterocycles. The number of hydrogen-bond donors (Lipinski definition) is 0. The van der Waals surface area contributed by atoms with Crippen LogP contribution in [0.3, 0.4) is 0 Å². The Balaban J connectivity index is 1.37. The molecule has 0 aliphatic carbocycles. The Morgan fingerprint density at radius 2 is 1.13 bits per heavy atom. The molecule has 0 aliphatic rings. The van der Waals surface area contributed by atoms with Gasteiger partial charge in [0, 0.05) is 11.1 Å². The Bertz CT molecular complexity index is 1880. The topological polar surface area (TPSA) is 122 Å². The maximum absolute atomic E-state index is 13.6. The van der Waals surface area contributed by atoms with Crippen molar-refractivity contribution in [1.29, 1.82) is 0 Å². The largest absolute Gasteiger partial charge is 0.419 e. The van der Waals surface area contributed by atoms with Crippen molar-refractivity contribution < 1.29 is 8.83 Å². The van der Waals surface area contributed by atoms with Crippen molar-refractivity contribution in [2.24, 2.45) is 0 Å². The molecule has 0 radical (unpaired) electrons. The smallest absolute Gasteiger partial charge is 0.332 e. The van der Waals surface area contributed by atoms with E-state index in [9.17, 15) is 9.59 Å². The number of fused-ring (bicyclic) bond motifs is 1. The van der Waals surface area contributed by atoms with E-state index in [1.54, 1.807) is 24.3 Å². The van der Waals surface area contributed by atoms with Crippen LogP contribution in [0.2, 0.25) is 0 Å². The van der Waals surface area contributed by atoms with Crippen molar-refractivity contribution in [1.82, 2.24) is 29.5 Å². The molecule has 188 valence electrons. The van der Waals surface area contributed by atoms with E-state index in [0.29, 0.717) is 22.7 Å². The first-order valence-corrected chi connectivity index (χ1v) is 12.0. The van der Waals surface area contributed by atoms with Crippen LogP contribution in [0.15, 0.2) is 91.2 Å². The number of nitrogens with zero attached hydrogens (tertiary/aromatic N) is 6. The average molecular weight is 507 g/mol. The van der Waals surface area contributed by atoms with Crippen molar-refractivity contribution in [3.05, 3.63) is 117 Å². The van der Waals surface area contributed by atoms with Crippen LogP contribution in [-0.4, -0.2) is 29.5 Å². The van der Waals surface area contributed by atoms with Gasteiger partial charge in [-0.3, -0.25) is 13.9 Å². The maximum atomic E-state index is 13.6. The van der Waals surface area contributed by atoms with Crippen molar-refractivity contribution in [3.63, 3.8) is 0 Å². The van der Waals surface area contributed by atoms with Crippen LogP contribution < -0.4 is 11.2 Å². The number of aryl methyl sites for hydroxylation is 2. The highest BCUT2D eigenvalue weighted by Crippen LogP contribution is 2.20. The molecule has 0 N–H and O–H groups in total. The predicted molar refractivity (Wildman–Crippen MR) is 140 cm³/mol. The van der Waals surface area contributed by atoms with Gasteiger partial charge in [-0.1, -0.05) is 47.5 Å². The second-order valence-corrected chi connectivity index (χ2v) is 9.01. The second kappa shape index (κ2) is 9.40. The minimum atomic E-state index is -0.557. The highest BCUT2D eigenvalue weighted by atomic mass is 16.4. The summed E-state index contributed by atoms with van der Waals surface area (Å²) < 4.78 is 14.1. The maximum Gasteiger partial charge on any atom is 0.332 e. The molecule has 10 nitrogen and oxygen atoms in total. The summed E-state index contributed by atoms with van der Waals surface area (Å²) in [6.45, 7) is 3.78. The summed E-state index contributed by atoms with van der Waals surface area (Å²) in [7, 11) is 0. The standard InChI is InChI=1S/C28H22N6O4/c1-17-7-11-19(12-8-17)25-31-29-23(37-25)15-33-22-6-4-3-5-21(22)27(35)34(28(33)36)16-24-30-32-26(38-24)20-13-9-18(2)10-14-20/h3-14H,15-16H2,1-2H3. The van der Waals surface area contributed by atoms with Gasteiger partial charge >= 0.3 is 5.69 Å². The third-order valence-corrected chi connectivity index (χ3v) is 6.25. The molecular formula is C28H22N6O4. The molecule has 0 unspecified atom stereocenters. The Hall–Kier alpha value is -5.12. The molecule has 0 aliphatic heterocycles. The van der Waals surface area contributed by atoms with Gasteiger partial charge in [-0.25, -0.2) is 4.79 Å². The van der Waals surface area contributed by atoms with Crippen LogP contribution in [0, 0.1) is 13.8 Å². The summed E-state index contributed by atoms with van der Waals surface area (Å²) in [4.78, 5) is 26.9. The molecule has 6 rings (SSSR count). The monoisotopic (exact) mass is 506 g/mol. The van der Waals surface area contributed by atoms with Gasteiger partial charge in [-0.05, 0) is 50.2 Å². The first kappa shape index (κ1) is 23.3. The molecule has 38 heavy (non-hydrogen) atoms. The zero-order valence-corrected chi connectivity index (χ0v) is 20.7. The molecular weight excluding hydrogens is 484 g/mol. The van der Waals surface area contributed by atoms with Crippen molar-refractivity contribution in [2.75, 3.05) is 0 Å². The van der Waals surface area contributed by atoms with Gasteiger partial charge in [-0.15, -0.1) is 20.4 Å². The van der Waals surface area contributed by atoms with Gasteiger partial charge in [-0.2, -0.15) is 0 Å². The Morgan fingerprint density at radius 3 is 1.68 bits per heavy atom. The molecule has 3 aromatic carbocycles. The Morgan fingerprint density at radius 1 is 0.632 bits per heavy atom. The number of rotatable bonds is 6. The molecule has 0 amide bonds. The summed E-state index contributed by atoms with van der Waals surface area (Å²) in [6, 6.07) is 22.2. The molecule has 0 atom stereocenters. The van der Waals surface area contributed by atoms with E-state index < -0.39 is 11.2 Å². The lowest BCUT2D eigenvalue weighted by molar-refractivity contribution is 0.460. The van der Waals surface area contributed by atoms with E-state index in [2.05, 4.69) is 20.4 Å². The van der Waals surface area contributed by atoms with Crippen LogP contribution in [0.5, 0.6) is 0 Å². The summed E-state index contributed by atoms with van der Waals surface area (Å²) in [5, 5.41) is 16.8. The molecule has 0 saturated heterocycles. The Kier molecular flexibility index (Phi) is 5.76. The molecule has 3 heterocycles. The summed E-state index contributed by atoms with van der Waals surface area (Å²) in [5.41, 5.74) is 3.18. The highest BCUT2D eigenvalue weighted by Gasteiger charge is 2.18. The van der Waals surface area contributed by atoms with Gasteiger partial charge in [0.15, 0.2) is 0 Å².